The number of nitrogens with zero attached hydrogens (tertiary/aromatic N) is 3. The summed E-state index contributed by atoms with van der Waals surface area (Å²) in [5.74, 6) is 0.896. The van der Waals surface area contributed by atoms with Crippen LogP contribution in [0.3, 0.4) is 0 Å². The number of pyridine rings is 1. The average molecular weight is 571 g/mol. The Balaban J connectivity index is 1.32. The minimum Gasteiger partial charge on any atom is -0.455 e. The maximum Gasteiger partial charge on any atom is 0.325 e. The van der Waals surface area contributed by atoms with Crippen LogP contribution < -0.4 is 21.1 Å². The third kappa shape index (κ3) is 4.61. The summed E-state index contributed by atoms with van der Waals surface area (Å²) in [5.41, 5.74) is 1.50. The van der Waals surface area contributed by atoms with Gasteiger partial charge in [-0.05, 0) is 59.0 Å². The summed E-state index contributed by atoms with van der Waals surface area (Å²) in [6.45, 7) is 0. The summed E-state index contributed by atoms with van der Waals surface area (Å²) in [6.07, 6.45) is 1.52. The van der Waals surface area contributed by atoms with E-state index in [9.17, 15) is 14.0 Å². The van der Waals surface area contributed by atoms with Crippen LogP contribution in [0.1, 0.15) is 0 Å². The molecule has 0 saturated carbocycles. The number of H-pyrrole nitrogens is 2. The number of aromatic amines is 2. The zero-order valence-corrected chi connectivity index (χ0v) is 19.3. The Morgan fingerprint density at radius 3 is 2.71 bits per heavy atom. The Labute approximate surface area is 204 Å². The van der Waals surface area contributed by atoms with E-state index in [1.807, 2.05) is 22.6 Å². The molecule has 0 fully saturated rings. The Kier molecular flexibility index (Phi) is 5.71. The zero-order valence-electron chi connectivity index (χ0n) is 17.2. The smallest absolute Gasteiger partial charge is 0.325 e. The minimum absolute atomic E-state index is 0.365. The first-order valence-corrected chi connectivity index (χ1v) is 11.0. The molecule has 4 N–H and O–H groups in total. The fraction of sp³-hybridized carbons (Fsp3) is 0. The van der Waals surface area contributed by atoms with E-state index in [1.54, 1.807) is 48.5 Å². The van der Waals surface area contributed by atoms with Gasteiger partial charge < -0.3 is 15.0 Å². The van der Waals surface area contributed by atoms with Crippen molar-refractivity contribution in [2.75, 3.05) is 10.6 Å². The van der Waals surface area contributed by atoms with Crippen molar-refractivity contribution < 1.29 is 13.9 Å². The second kappa shape index (κ2) is 8.97. The minimum atomic E-state index is -0.502. The second-order valence-corrected chi connectivity index (χ2v) is 8.17. The van der Waals surface area contributed by atoms with Crippen LogP contribution in [0.2, 0.25) is 0 Å². The Bertz CT molecular complexity index is 1560. The monoisotopic (exact) mass is 571 g/mol. The molecule has 3 aromatic heterocycles. The molecule has 0 saturated heterocycles. The van der Waals surface area contributed by atoms with Crippen molar-refractivity contribution in [3.05, 3.63) is 86.9 Å². The number of carbonyl (C=O) groups is 1. The molecule has 0 bridgehead atoms. The van der Waals surface area contributed by atoms with Gasteiger partial charge >= 0.3 is 11.7 Å². The lowest BCUT2D eigenvalue weighted by Gasteiger charge is -2.11. The van der Waals surface area contributed by atoms with Gasteiger partial charge in [0.25, 0.3) is 0 Å². The first-order chi connectivity index (χ1) is 16.4. The topological polar surface area (TPSA) is 130 Å². The van der Waals surface area contributed by atoms with E-state index in [0.29, 0.717) is 43.6 Å². The summed E-state index contributed by atoms with van der Waals surface area (Å²) in [5, 5.41) is 9.84. The summed E-state index contributed by atoms with van der Waals surface area (Å²) in [6, 6.07) is 15.3. The highest BCUT2D eigenvalue weighted by Gasteiger charge is 2.13. The van der Waals surface area contributed by atoms with Crippen molar-refractivity contribution in [1.82, 2.24) is 24.7 Å². The molecular weight excluding hydrogens is 556 g/mol. The molecule has 0 aliphatic rings. The number of amides is 2. The van der Waals surface area contributed by atoms with Crippen molar-refractivity contribution in [3.63, 3.8) is 0 Å². The number of hydrogen-bond acceptors (Lipinski definition) is 5. The molecule has 3 heterocycles. The third-order valence-corrected chi connectivity index (χ3v) is 5.22. The third-order valence-electron chi connectivity index (χ3n) is 4.70. The quantitative estimate of drug-likeness (QED) is 0.229. The maximum absolute atomic E-state index is 13.3. The van der Waals surface area contributed by atoms with Crippen molar-refractivity contribution >= 4 is 51.3 Å². The molecule has 2 aromatic carbocycles. The lowest BCUT2D eigenvalue weighted by Crippen LogP contribution is -2.21. The molecule has 10 nitrogen and oxygen atoms in total. The fourth-order valence-corrected chi connectivity index (χ4v) is 3.77. The van der Waals surface area contributed by atoms with Gasteiger partial charge in [0, 0.05) is 30.1 Å². The van der Waals surface area contributed by atoms with E-state index in [2.05, 4.69) is 30.7 Å². The highest BCUT2D eigenvalue weighted by Crippen LogP contribution is 2.28. The van der Waals surface area contributed by atoms with Crippen LogP contribution in [-0.4, -0.2) is 30.8 Å². The van der Waals surface area contributed by atoms with Crippen LogP contribution in [-0.2, 0) is 0 Å². The summed E-state index contributed by atoms with van der Waals surface area (Å²) in [4.78, 5) is 33.5. The van der Waals surface area contributed by atoms with Crippen LogP contribution in [0.15, 0.2) is 71.7 Å². The number of imidazole rings is 1. The van der Waals surface area contributed by atoms with Gasteiger partial charge in [0.1, 0.15) is 26.6 Å². The number of aromatic nitrogens is 5. The Morgan fingerprint density at radius 1 is 1.06 bits per heavy atom. The molecular formula is C22H15FIN7O3. The molecule has 5 aromatic rings. The number of anilines is 2. The van der Waals surface area contributed by atoms with Gasteiger partial charge in [-0.15, -0.1) is 0 Å². The van der Waals surface area contributed by atoms with Crippen molar-refractivity contribution in [3.8, 4) is 17.2 Å². The summed E-state index contributed by atoms with van der Waals surface area (Å²) < 4.78 is 21.3. The molecule has 34 heavy (non-hydrogen) atoms. The first-order valence-electron chi connectivity index (χ1n) is 9.89. The Morgan fingerprint density at radius 2 is 1.88 bits per heavy atom. The van der Waals surface area contributed by atoms with E-state index in [4.69, 9.17) is 4.74 Å². The number of ether oxygens (including phenoxy) is 1. The molecule has 0 radical (unpaired) electrons. The number of carbonyl (C=O) groups excluding carboxylic acids is 1. The van der Waals surface area contributed by atoms with Crippen molar-refractivity contribution in [2.24, 2.45) is 0 Å². The first kappa shape index (κ1) is 21.6. The predicted octanol–water partition coefficient (Wildman–Crippen LogP) is 4.62. The largest absolute Gasteiger partial charge is 0.455 e. The fourth-order valence-electron chi connectivity index (χ4n) is 3.26. The van der Waals surface area contributed by atoms with Crippen LogP contribution in [0, 0.1) is 9.52 Å². The lowest BCUT2D eigenvalue weighted by molar-refractivity contribution is 0.262. The van der Waals surface area contributed by atoms with Gasteiger partial charge in [0.15, 0.2) is 11.4 Å². The highest BCUT2D eigenvalue weighted by atomic mass is 127. The number of fused-ring (bicyclic) bond motifs is 1. The normalized spacial score (nSPS) is 10.9. The molecule has 0 atom stereocenters. The van der Waals surface area contributed by atoms with E-state index in [-0.39, 0.29) is 11.5 Å². The van der Waals surface area contributed by atoms with E-state index < -0.39 is 6.03 Å². The molecule has 2 amide bonds. The average Bonchev–Trinajstić information content (AvgIpc) is 3.36. The predicted molar refractivity (Wildman–Crippen MR) is 132 cm³/mol. The van der Waals surface area contributed by atoms with Gasteiger partial charge in [0.05, 0.1) is 5.69 Å². The van der Waals surface area contributed by atoms with E-state index in [1.165, 1.54) is 23.0 Å². The number of benzene rings is 2. The van der Waals surface area contributed by atoms with Gasteiger partial charge in [-0.3, -0.25) is 10.3 Å². The van der Waals surface area contributed by atoms with Crippen LogP contribution >= 0.6 is 22.6 Å². The summed E-state index contributed by atoms with van der Waals surface area (Å²) >= 11 is 2.03. The van der Waals surface area contributed by atoms with E-state index in [0.717, 1.165) is 0 Å². The van der Waals surface area contributed by atoms with Gasteiger partial charge in [-0.1, -0.05) is 6.07 Å². The molecule has 0 aliphatic carbocycles. The summed E-state index contributed by atoms with van der Waals surface area (Å²) in [7, 11) is 0. The lowest BCUT2D eigenvalue weighted by atomic mass is 10.3. The van der Waals surface area contributed by atoms with Crippen molar-refractivity contribution in [2.45, 2.75) is 0 Å². The number of hydrogen-bond donors (Lipinski definition) is 4. The Hall–Kier alpha value is -4.20. The standard InChI is InChI=1S/C22H15FIN7O3/c23-12-4-6-14(7-5-12)31-18(11-17(24)30-31)27-21(32)26-13-2-1-3-15(10-13)34-16-8-9-25-20-19(16)28-22(33)29-20/h1-11H,(H2,26,27,32)(H2,25,28,29,33). The molecule has 0 aliphatic heterocycles. The highest BCUT2D eigenvalue weighted by molar-refractivity contribution is 14.1. The van der Waals surface area contributed by atoms with Gasteiger partial charge in [0.2, 0.25) is 0 Å². The molecule has 5 rings (SSSR count). The second-order valence-electron chi connectivity index (χ2n) is 7.06. The zero-order chi connectivity index (χ0) is 23.7. The van der Waals surface area contributed by atoms with Gasteiger partial charge in [-0.25, -0.2) is 23.6 Å². The van der Waals surface area contributed by atoms with Crippen LogP contribution in [0.25, 0.3) is 16.9 Å². The number of rotatable bonds is 5. The number of nitrogens with one attached hydrogen (secondary N) is 4. The van der Waals surface area contributed by atoms with Gasteiger partial charge in [-0.2, -0.15) is 5.10 Å². The van der Waals surface area contributed by atoms with E-state index >= 15 is 0 Å². The molecule has 0 unspecified atom stereocenters. The number of halogens is 2. The van der Waals surface area contributed by atoms with Crippen molar-refractivity contribution in [1.29, 1.82) is 0 Å². The maximum atomic E-state index is 13.3. The van der Waals surface area contributed by atoms with Crippen LogP contribution in [0.5, 0.6) is 11.5 Å². The molecule has 12 heteroatoms. The molecule has 0 spiro atoms. The molecule has 170 valence electrons. The SMILES string of the molecule is O=C(Nc1cccc(Oc2ccnc3[nH]c(=O)[nH]c23)c1)Nc1cc(I)nn1-c1ccc(F)cc1. The number of urea groups is 1. The van der Waals surface area contributed by atoms with Crippen LogP contribution in [0.4, 0.5) is 20.7 Å².